The molecular weight excluding hydrogens is 278 g/mol. The molecule has 0 spiro atoms. The maximum Gasteiger partial charge on any atom is 0.262 e. The molecule has 1 heterocycles. The Bertz CT molecular complexity index is 702. The van der Waals surface area contributed by atoms with Gasteiger partial charge in [0.1, 0.15) is 11.6 Å². The summed E-state index contributed by atoms with van der Waals surface area (Å²) in [4.78, 5) is 4.12. The number of nitrogens with zero attached hydrogens (tertiary/aromatic N) is 1. The van der Waals surface area contributed by atoms with E-state index in [9.17, 15) is 8.42 Å². The molecule has 1 aromatic carbocycles. The van der Waals surface area contributed by atoms with Crippen molar-refractivity contribution in [3.8, 4) is 5.75 Å². The van der Waals surface area contributed by atoms with Crippen molar-refractivity contribution >= 4 is 21.5 Å². The third kappa shape index (κ3) is 3.18. The first-order valence-corrected chi connectivity index (χ1v) is 7.34. The third-order valence-electron chi connectivity index (χ3n) is 2.62. The monoisotopic (exact) mass is 293 g/mol. The van der Waals surface area contributed by atoms with Crippen molar-refractivity contribution < 1.29 is 13.2 Å². The number of nitrogens with one attached hydrogen (secondary N) is 2. The molecule has 0 bridgehead atoms. The van der Waals surface area contributed by atoms with Crippen molar-refractivity contribution in [3.63, 3.8) is 0 Å². The fourth-order valence-electron chi connectivity index (χ4n) is 1.62. The molecule has 6 nitrogen and oxygen atoms in total. The molecule has 2 aromatic rings. The van der Waals surface area contributed by atoms with Crippen molar-refractivity contribution in [3.05, 3.63) is 42.6 Å². The van der Waals surface area contributed by atoms with Gasteiger partial charge >= 0.3 is 0 Å². The highest BCUT2D eigenvalue weighted by molar-refractivity contribution is 7.92. The number of anilines is 2. The number of hydrogen-bond acceptors (Lipinski definition) is 5. The largest absolute Gasteiger partial charge is 0.497 e. The third-order valence-corrected chi connectivity index (χ3v) is 4.00. The molecule has 106 valence electrons. The SMILES string of the molecule is CNc1cc(S(=O)(=O)Nc2cccc(OC)c2)ccn1. The zero-order valence-electron chi connectivity index (χ0n) is 11.1. The number of pyridine rings is 1. The molecule has 7 heteroatoms. The second kappa shape index (κ2) is 5.79. The van der Waals surface area contributed by atoms with Gasteiger partial charge in [0, 0.05) is 25.4 Å². The van der Waals surface area contributed by atoms with Crippen LogP contribution >= 0.6 is 0 Å². The number of ether oxygens (including phenoxy) is 1. The van der Waals surface area contributed by atoms with Gasteiger partial charge in [0.05, 0.1) is 17.7 Å². The minimum absolute atomic E-state index is 0.139. The van der Waals surface area contributed by atoms with Crippen molar-refractivity contribution in [2.45, 2.75) is 4.90 Å². The average molecular weight is 293 g/mol. The lowest BCUT2D eigenvalue weighted by molar-refractivity contribution is 0.415. The zero-order chi connectivity index (χ0) is 14.6. The molecule has 0 aliphatic rings. The van der Waals surface area contributed by atoms with Gasteiger partial charge in [0.2, 0.25) is 0 Å². The molecule has 20 heavy (non-hydrogen) atoms. The highest BCUT2D eigenvalue weighted by Crippen LogP contribution is 2.21. The molecule has 0 aliphatic carbocycles. The van der Waals surface area contributed by atoms with Gasteiger partial charge in [-0.2, -0.15) is 0 Å². The highest BCUT2D eigenvalue weighted by Gasteiger charge is 2.15. The summed E-state index contributed by atoms with van der Waals surface area (Å²) in [5, 5.41) is 2.80. The van der Waals surface area contributed by atoms with E-state index >= 15 is 0 Å². The van der Waals surface area contributed by atoms with Gasteiger partial charge in [-0.1, -0.05) is 6.07 Å². The van der Waals surface area contributed by atoms with E-state index in [0.717, 1.165) is 0 Å². The summed E-state index contributed by atoms with van der Waals surface area (Å²) >= 11 is 0. The topological polar surface area (TPSA) is 80.3 Å². The molecule has 0 atom stereocenters. The van der Waals surface area contributed by atoms with Crippen LogP contribution in [0.15, 0.2) is 47.5 Å². The number of rotatable bonds is 5. The predicted molar refractivity (Wildman–Crippen MR) is 77.6 cm³/mol. The van der Waals surface area contributed by atoms with Crippen molar-refractivity contribution in [2.75, 3.05) is 24.2 Å². The Morgan fingerprint density at radius 3 is 2.70 bits per heavy atom. The Morgan fingerprint density at radius 2 is 2.00 bits per heavy atom. The summed E-state index contributed by atoms with van der Waals surface area (Å²) in [6.07, 6.45) is 1.44. The van der Waals surface area contributed by atoms with Crippen LogP contribution in [0.25, 0.3) is 0 Å². The minimum atomic E-state index is -3.66. The number of aromatic nitrogens is 1. The van der Waals surface area contributed by atoms with E-state index < -0.39 is 10.0 Å². The van der Waals surface area contributed by atoms with Gasteiger partial charge in [0.25, 0.3) is 10.0 Å². The number of methoxy groups -OCH3 is 1. The van der Waals surface area contributed by atoms with Crippen molar-refractivity contribution in [1.82, 2.24) is 4.98 Å². The van der Waals surface area contributed by atoms with Crippen LogP contribution in [0.3, 0.4) is 0 Å². The second-order valence-corrected chi connectivity index (χ2v) is 5.65. The van der Waals surface area contributed by atoms with Gasteiger partial charge in [-0.3, -0.25) is 4.72 Å². The summed E-state index contributed by atoms with van der Waals surface area (Å²) in [6.45, 7) is 0. The molecular formula is C13H15N3O3S. The summed E-state index contributed by atoms with van der Waals surface area (Å²) in [5.41, 5.74) is 0.437. The smallest absolute Gasteiger partial charge is 0.262 e. The van der Waals surface area contributed by atoms with E-state index in [1.807, 2.05) is 0 Å². The Hall–Kier alpha value is -2.28. The summed E-state index contributed by atoms with van der Waals surface area (Å²) in [6, 6.07) is 9.61. The summed E-state index contributed by atoms with van der Waals surface area (Å²) in [7, 11) is -0.458. The van der Waals surface area contributed by atoms with Crippen molar-refractivity contribution in [1.29, 1.82) is 0 Å². The minimum Gasteiger partial charge on any atom is -0.497 e. The number of benzene rings is 1. The molecule has 1 aromatic heterocycles. The first-order chi connectivity index (χ1) is 9.55. The Labute approximate surface area is 117 Å². The summed E-state index contributed by atoms with van der Waals surface area (Å²) < 4.78 is 32.1. The standard InChI is InChI=1S/C13H15N3O3S/c1-14-13-9-12(6-7-15-13)20(17,18)16-10-4-3-5-11(8-10)19-2/h3-9,16H,1-2H3,(H,14,15). The lowest BCUT2D eigenvalue weighted by Crippen LogP contribution is -2.13. The molecule has 2 rings (SSSR count). The van der Waals surface area contributed by atoms with Crippen LogP contribution in [0.1, 0.15) is 0 Å². The van der Waals surface area contributed by atoms with Crippen LogP contribution < -0.4 is 14.8 Å². The van der Waals surface area contributed by atoms with Crippen LogP contribution in [-0.2, 0) is 10.0 Å². The van der Waals surface area contributed by atoms with Crippen molar-refractivity contribution in [2.24, 2.45) is 0 Å². The summed E-state index contributed by atoms with van der Waals surface area (Å²) in [5.74, 6) is 1.06. The molecule has 0 saturated carbocycles. The van der Waals surface area contributed by atoms with Gasteiger partial charge < -0.3 is 10.1 Å². The van der Waals surface area contributed by atoms with Crippen LogP contribution in [0.4, 0.5) is 11.5 Å². The lowest BCUT2D eigenvalue weighted by atomic mass is 10.3. The molecule has 0 saturated heterocycles. The van der Waals surface area contributed by atoms with E-state index in [1.165, 1.54) is 25.4 Å². The van der Waals surface area contributed by atoms with Crippen LogP contribution in [0.5, 0.6) is 5.75 Å². The fraction of sp³-hybridized carbons (Fsp3) is 0.154. The first kappa shape index (κ1) is 14.1. The average Bonchev–Trinajstić information content (AvgIpc) is 2.47. The van der Waals surface area contributed by atoms with Crippen LogP contribution in [0.2, 0.25) is 0 Å². The van der Waals surface area contributed by atoms with Crippen LogP contribution in [0, 0.1) is 0 Å². The van der Waals surface area contributed by atoms with Gasteiger partial charge in [-0.05, 0) is 18.2 Å². The van der Waals surface area contributed by atoms with E-state index in [-0.39, 0.29) is 4.90 Å². The Kier molecular flexibility index (Phi) is 4.09. The second-order valence-electron chi connectivity index (χ2n) is 3.96. The molecule has 0 fully saturated rings. The van der Waals surface area contributed by atoms with E-state index in [1.54, 1.807) is 31.3 Å². The normalized spacial score (nSPS) is 10.9. The first-order valence-electron chi connectivity index (χ1n) is 5.86. The van der Waals surface area contributed by atoms with Crippen LogP contribution in [-0.4, -0.2) is 27.6 Å². The van der Waals surface area contributed by atoms with E-state index in [4.69, 9.17) is 4.74 Å². The maximum atomic E-state index is 12.3. The molecule has 0 amide bonds. The highest BCUT2D eigenvalue weighted by atomic mass is 32.2. The van der Waals surface area contributed by atoms with E-state index in [2.05, 4.69) is 15.0 Å². The Morgan fingerprint density at radius 1 is 1.20 bits per heavy atom. The van der Waals surface area contributed by atoms with Gasteiger partial charge in [0.15, 0.2) is 0 Å². The molecule has 2 N–H and O–H groups in total. The Balaban J connectivity index is 2.30. The zero-order valence-corrected chi connectivity index (χ0v) is 11.9. The van der Waals surface area contributed by atoms with Gasteiger partial charge in [-0.15, -0.1) is 0 Å². The number of hydrogen-bond donors (Lipinski definition) is 2. The van der Waals surface area contributed by atoms with Gasteiger partial charge in [-0.25, -0.2) is 13.4 Å². The molecule has 0 radical (unpaired) electrons. The molecule has 0 aliphatic heterocycles. The lowest BCUT2D eigenvalue weighted by Gasteiger charge is -2.10. The number of sulfonamides is 1. The molecule has 0 unspecified atom stereocenters. The van der Waals surface area contributed by atoms with E-state index in [0.29, 0.717) is 17.3 Å². The maximum absolute atomic E-state index is 12.3. The fourth-order valence-corrected chi connectivity index (χ4v) is 2.68. The quantitative estimate of drug-likeness (QED) is 0.880. The predicted octanol–water partition coefficient (Wildman–Crippen LogP) is 1.93.